The van der Waals surface area contributed by atoms with Gasteiger partial charge in [0.2, 0.25) is 0 Å². The van der Waals surface area contributed by atoms with E-state index in [0.29, 0.717) is 0 Å². The molecule has 4 radical (unpaired) electrons. The Hall–Kier alpha value is 2.86. The monoisotopic (exact) mass is 745 g/mol. The molecule has 21 nitrogen and oxygen atoms in total. The minimum atomic E-state index is -5.68. The Morgan fingerprint density at radius 2 is 0.355 bits per heavy atom. The van der Waals surface area contributed by atoms with Crippen LogP contribution >= 0.6 is 46.9 Å². The first-order chi connectivity index (χ1) is 11.1. The van der Waals surface area contributed by atoms with E-state index in [-0.39, 0.29) is 68.3 Å². The molecule has 0 rings (SSSR count). The Balaban J connectivity index is -0.0000000524. The minimum absolute atomic E-state index is 0. The van der Waals surface area contributed by atoms with E-state index in [1.165, 1.54) is 0 Å². The van der Waals surface area contributed by atoms with Gasteiger partial charge in [0.05, 0.1) is 46.9 Å². The zero-order chi connectivity index (χ0) is 23.1. The van der Waals surface area contributed by atoms with Crippen molar-refractivity contribution in [1.82, 2.24) is 0 Å². The van der Waals surface area contributed by atoms with Gasteiger partial charge in [0.1, 0.15) is 0 Å². The van der Waals surface area contributed by atoms with Gasteiger partial charge in [-0.1, -0.05) is 0 Å². The average molecular weight is 745 g/mol. The van der Waals surface area contributed by atoms with Crippen LogP contribution in [0.1, 0.15) is 0 Å². The van der Waals surface area contributed by atoms with E-state index in [2.05, 4.69) is 12.9 Å². The Labute approximate surface area is 213 Å². The van der Waals surface area contributed by atoms with E-state index >= 15 is 0 Å². The van der Waals surface area contributed by atoms with E-state index in [1.54, 1.807) is 0 Å². The van der Waals surface area contributed by atoms with Crippen molar-refractivity contribution in [2.24, 2.45) is 0 Å². The van der Waals surface area contributed by atoms with Gasteiger partial charge in [-0.3, -0.25) is 0 Å². The molecule has 31 heteroatoms. The molecular weight excluding hydrogens is 745 g/mol. The van der Waals surface area contributed by atoms with Gasteiger partial charge >= 0.3 is 68.3 Å². The summed E-state index contributed by atoms with van der Waals surface area (Å²) in [5, 5.41) is 0. The molecule has 0 aromatic carbocycles. The summed E-state index contributed by atoms with van der Waals surface area (Å²) in [4.78, 5) is 112. The third-order valence-electron chi connectivity index (χ3n) is 0.600. The molecule has 0 aliphatic heterocycles. The van der Waals surface area contributed by atoms with Crippen molar-refractivity contribution in [3.05, 3.63) is 0 Å². The summed E-state index contributed by atoms with van der Waals surface area (Å²) >= 11 is 0. The van der Waals surface area contributed by atoms with Gasteiger partial charge in [0, 0.05) is 0 Å². The van der Waals surface area contributed by atoms with Gasteiger partial charge in [0.25, 0.3) is 0 Å². The van der Waals surface area contributed by atoms with Crippen LogP contribution in [0.15, 0.2) is 0 Å². The fourth-order valence-corrected chi connectivity index (χ4v) is 3.31. The van der Waals surface area contributed by atoms with Crippen LogP contribution in [0.3, 0.4) is 0 Å². The van der Waals surface area contributed by atoms with Crippen LogP contribution in [0.5, 0.6) is 0 Å². The summed E-state index contributed by atoms with van der Waals surface area (Å²) in [5.41, 5.74) is 0. The molecule has 0 saturated carbocycles. The Morgan fingerprint density at radius 1 is 0.290 bits per heavy atom. The molecule has 0 heterocycles. The zero-order valence-electron chi connectivity index (χ0n) is 12.7. The number of phosphoric acid groups is 6. The summed E-state index contributed by atoms with van der Waals surface area (Å²) in [7, 11) is -34.1. The van der Waals surface area contributed by atoms with Crippen molar-refractivity contribution in [1.29, 1.82) is 0 Å². The van der Waals surface area contributed by atoms with Gasteiger partial charge in [-0.25, -0.2) is 0 Å². The molecule has 0 spiro atoms. The minimum Gasteiger partial charge on any atom is -0.790 e. The quantitative estimate of drug-likeness (QED) is 0.180. The van der Waals surface area contributed by atoms with Crippen molar-refractivity contribution < 1.29 is 167 Å². The topological polar surface area (TPSA) is 407 Å². The summed E-state index contributed by atoms with van der Waals surface area (Å²) < 4.78 is 63.5. The summed E-state index contributed by atoms with van der Waals surface area (Å²) in [6, 6.07) is 0. The van der Waals surface area contributed by atoms with Gasteiger partial charge in [-0.15, -0.1) is 0 Å². The molecule has 0 aliphatic rings. The fourth-order valence-electron chi connectivity index (χ4n) is 0.367. The molecule has 0 aromatic rings. The molecule has 0 unspecified atom stereocenters. The van der Waals surface area contributed by atoms with Crippen molar-refractivity contribution >= 4 is 46.9 Å². The van der Waals surface area contributed by atoms with E-state index in [1.807, 2.05) is 0 Å². The predicted molar refractivity (Wildman–Crippen MR) is 48.9 cm³/mol. The van der Waals surface area contributed by atoms with E-state index in [0.717, 1.165) is 0 Å². The smallest absolute Gasteiger partial charge is 0.790 e. The molecule has 0 fully saturated rings. The van der Waals surface area contributed by atoms with E-state index < -0.39 is 46.9 Å². The molecular formula is Fe4O21P6. The molecule has 0 aromatic heterocycles. The second-order valence-corrected chi connectivity index (χ2v) is 10.3. The maximum absolute atomic E-state index is 9.32. The Morgan fingerprint density at radius 3 is 0.355 bits per heavy atom. The average Bonchev–Trinajstić information content (AvgIpc) is 1.96. The van der Waals surface area contributed by atoms with Crippen molar-refractivity contribution in [3.63, 3.8) is 0 Å². The second kappa shape index (κ2) is 19.0. The second-order valence-electron chi connectivity index (χ2n) is 2.93. The third-order valence-corrected chi connectivity index (χ3v) is 5.40. The Bertz CT molecular complexity index is 559. The standard InChI is InChI=1S/4Fe.3H4O7P2/c;;;;3*1-8(2,3)7-9(4,5)6/h;;;;3*(H2,1,2,3)(H2,4,5,6)/q4*+3;;;/p-12. The van der Waals surface area contributed by atoms with Crippen LogP contribution in [0.4, 0.5) is 0 Å². The van der Waals surface area contributed by atoms with Crippen LogP contribution in [0.2, 0.25) is 0 Å². The van der Waals surface area contributed by atoms with Gasteiger partial charge in [-0.05, 0) is 0 Å². The molecule has 0 atom stereocenters. The van der Waals surface area contributed by atoms with Crippen molar-refractivity contribution in [2.75, 3.05) is 0 Å². The SMILES string of the molecule is O=P([O-])([O-])OP(=O)([O-])[O-].O=P([O-])([O-])OP(=O)([O-])[O-].O=P([O-])([O-])OP(=O)([O-])[O-].[Fe+3].[Fe+3].[Fe+3].[Fe+3]. The number of hydrogen-bond donors (Lipinski definition) is 0. The molecule has 31 heavy (non-hydrogen) atoms. The van der Waals surface area contributed by atoms with Crippen LogP contribution in [-0.2, 0) is 109 Å². The summed E-state index contributed by atoms with van der Waals surface area (Å²) in [6.07, 6.45) is 0. The van der Waals surface area contributed by atoms with E-state index in [9.17, 15) is 86.1 Å². The van der Waals surface area contributed by atoms with E-state index in [4.69, 9.17) is 0 Å². The molecule has 0 amide bonds. The molecule has 0 N–H and O–H groups in total. The summed E-state index contributed by atoms with van der Waals surface area (Å²) in [5.74, 6) is 0. The molecule has 0 bridgehead atoms. The third kappa shape index (κ3) is 71.9. The summed E-state index contributed by atoms with van der Waals surface area (Å²) in [6.45, 7) is 0. The fraction of sp³-hybridized carbons (Fsp3) is 0. The largest absolute Gasteiger partial charge is 3.00 e. The normalized spacial score (nSPS) is 12.0. The van der Waals surface area contributed by atoms with Crippen molar-refractivity contribution in [2.45, 2.75) is 0 Å². The van der Waals surface area contributed by atoms with Crippen molar-refractivity contribution in [3.8, 4) is 0 Å². The van der Waals surface area contributed by atoms with Gasteiger partial charge < -0.3 is 99.0 Å². The van der Waals surface area contributed by atoms with Crippen LogP contribution in [-0.4, -0.2) is 0 Å². The maximum Gasteiger partial charge on any atom is 3.00 e. The first-order valence-electron chi connectivity index (χ1n) is 4.38. The van der Waals surface area contributed by atoms with Gasteiger partial charge in [0.15, 0.2) is 0 Å². The Kier molecular flexibility index (Phi) is 31.1. The van der Waals surface area contributed by atoms with Crippen LogP contribution in [0, 0.1) is 0 Å². The first kappa shape index (κ1) is 50.7. The van der Waals surface area contributed by atoms with Crippen LogP contribution < -0.4 is 58.7 Å². The number of hydrogen-bond acceptors (Lipinski definition) is 21. The molecule has 0 aliphatic carbocycles. The van der Waals surface area contributed by atoms with Crippen LogP contribution in [0.25, 0.3) is 0 Å². The number of rotatable bonds is 6. The molecule has 0 saturated heterocycles. The first-order valence-corrected chi connectivity index (χ1v) is 13.1. The van der Waals surface area contributed by atoms with Gasteiger partial charge in [-0.2, -0.15) is 0 Å². The zero-order valence-corrected chi connectivity index (χ0v) is 22.5. The molecule has 188 valence electrons. The maximum atomic E-state index is 9.32. The predicted octanol–water partition coefficient (Wildman–Crippen LogP) is -10.0.